The molecule has 0 aromatic heterocycles. The summed E-state index contributed by atoms with van der Waals surface area (Å²) in [6.45, 7) is 28.8. The summed E-state index contributed by atoms with van der Waals surface area (Å²) in [5.74, 6) is 0. The van der Waals surface area contributed by atoms with Crippen molar-refractivity contribution in [3.05, 3.63) is 23.3 Å². The molecule has 0 fully saturated rings. The Kier molecular flexibility index (Phi) is 9.48. The van der Waals surface area contributed by atoms with E-state index in [-0.39, 0.29) is 34.5 Å². The van der Waals surface area contributed by atoms with Gasteiger partial charge in [-0.05, 0) is 63.0 Å². The summed E-state index contributed by atoms with van der Waals surface area (Å²) < 4.78 is 25.9. The van der Waals surface area contributed by atoms with Gasteiger partial charge in [0.25, 0.3) is 0 Å². The Labute approximate surface area is 206 Å². The SMILES string of the molecule is CC1=CC(CC2C=C(C)C[C@H](CO[Si](C)(C)C(C)(C)C)O2)O[C@@H](CO[Si](C)(C)C(C)(C)C)C1. The lowest BCUT2D eigenvalue weighted by atomic mass is 9.97. The molecule has 0 bridgehead atoms. The van der Waals surface area contributed by atoms with Crippen molar-refractivity contribution in [3.8, 4) is 0 Å². The van der Waals surface area contributed by atoms with Gasteiger partial charge in [-0.1, -0.05) is 64.8 Å². The van der Waals surface area contributed by atoms with Crippen molar-refractivity contribution < 1.29 is 18.3 Å². The Morgan fingerprint density at radius 1 is 0.727 bits per heavy atom. The molecule has 4 nitrogen and oxygen atoms in total. The van der Waals surface area contributed by atoms with Gasteiger partial charge in [0, 0.05) is 6.42 Å². The predicted molar refractivity (Wildman–Crippen MR) is 145 cm³/mol. The molecule has 2 heterocycles. The molecule has 2 unspecified atom stereocenters. The summed E-state index contributed by atoms with van der Waals surface area (Å²) in [7, 11) is -3.55. The van der Waals surface area contributed by atoms with E-state index in [1.807, 2.05) is 0 Å². The van der Waals surface area contributed by atoms with Crippen LogP contribution in [0.5, 0.6) is 0 Å². The normalized spacial score (nSPS) is 27.9. The summed E-state index contributed by atoms with van der Waals surface area (Å²) in [5.41, 5.74) is 2.79. The molecule has 0 amide bonds. The van der Waals surface area contributed by atoms with Gasteiger partial charge in [0.15, 0.2) is 16.6 Å². The number of hydrogen-bond donors (Lipinski definition) is 0. The molecule has 0 aromatic rings. The number of rotatable bonds is 8. The predicted octanol–water partition coefficient (Wildman–Crippen LogP) is 7.63. The van der Waals surface area contributed by atoms with E-state index in [0.717, 1.165) is 19.3 Å². The molecular weight excluding hydrogens is 444 g/mol. The van der Waals surface area contributed by atoms with Gasteiger partial charge in [0.05, 0.1) is 37.6 Å². The number of ether oxygens (including phenoxy) is 2. The van der Waals surface area contributed by atoms with E-state index >= 15 is 0 Å². The summed E-state index contributed by atoms with van der Waals surface area (Å²) in [6.07, 6.45) is 7.71. The van der Waals surface area contributed by atoms with Crippen LogP contribution in [0, 0.1) is 0 Å². The van der Waals surface area contributed by atoms with Crippen LogP contribution in [0.25, 0.3) is 0 Å². The van der Waals surface area contributed by atoms with Gasteiger partial charge in [0.2, 0.25) is 0 Å². The van der Waals surface area contributed by atoms with Gasteiger partial charge in [0.1, 0.15) is 0 Å². The fraction of sp³-hybridized carbons (Fsp3) is 0.852. The molecule has 0 aliphatic carbocycles. The molecule has 0 saturated carbocycles. The topological polar surface area (TPSA) is 36.9 Å². The lowest BCUT2D eigenvalue weighted by molar-refractivity contribution is -0.0700. The van der Waals surface area contributed by atoms with Crippen molar-refractivity contribution in [1.29, 1.82) is 0 Å². The van der Waals surface area contributed by atoms with E-state index in [1.165, 1.54) is 11.1 Å². The van der Waals surface area contributed by atoms with Crippen molar-refractivity contribution in [2.45, 2.75) is 135 Å². The van der Waals surface area contributed by atoms with Crippen LogP contribution < -0.4 is 0 Å². The molecule has 2 rings (SSSR count). The maximum Gasteiger partial charge on any atom is 0.192 e. The molecule has 4 atom stereocenters. The fourth-order valence-corrected chi connectivity index (χ4v) is 5.94. The Balaban J connectivity index is 1.94. The standard InChI is InChI=1S/C27H52O4Si2/c1-20-13-22(30-24(15-20)18-28-32(9,10)26(3,4)5)17-23-14-21(2)16-25(31-23)19-29-33(11,12)27(6,7)8/h13-14,22-25H,15-19H2,1-12H3/t22?,23?,24-,25-/m1/s1. The average Bonchev–Trinajstić information content (AvgIpc) is 2.62. The molecule has 0 radical (unpaired) electrons. The van der Waals surface area contributed by atoms with Gasteiger partial charge < -0.3 is 18.3 Å². The highest BCUT2D eigenvalue weighted by Crippen LogP contribution is 2.38. The van der Waals surface area contributed by atoms with Crippen molar-refractivity contribution >= 4 is 16.6 Å². The molecule has 192 valence electrons. The van der Waals surface area contributed by atoms with E-state index in [4.69, 9.17) is 18.3 Å². The van der Waals surface area contributed by atoms with E-state index < -0.39 is 16.6 Å². The molecule has 33 heavy (non-hydrogen) atoms. The van der Waals surface area contributed by atoms with Gasteiger partial charge in [-0.3, -0.25) is 0 Å². The summed E-state index contributed by atoms with van der Waals surface area (Å²) in [4.78, 5) is 0. The van der Waals surface area contributed by atoms with Crippen LogP contribution in [0.3, 0.4) is 0 Å². The monoisotopic (exact) mass is 496 g/mol. The van der Waals surface area contributed by atoms with Crippen LogP contribution in [-0.4, -0.2) is 54.3 Å². The molecule has 2 aliphatic rings. The van der Waals surface area contributed by atoms with Crippen LogP contribution in [0.1, 0.15) is 74.7 Å². The zero-order valence-electron chi connectivity index (χ0n) is 23.6. The van der Waals surface area contributed by atoms with Crippen molar-refractivity contribution in [3.63, 3.8) is 0 Å². The maximum atomic E-state index is 6.48. The fourth-order valence-electron chi connectivity index (χ4n) is 3.87. The third-order valence-electron chi connectivity index (χ3n) is 8.11. The van der Waals surface area contributed by atoms with E-state index in [0.29, 0.717) is 13.2 Å². The van der Waals surface area contributed by atoms with Crippen LogP contribution in [-0.2, 0) is 18.3 Å². The third kappa shape index (κ3) is 8.43. The van der Waals surface area contributed by atoms with Gasteiger partial charge in [-0.25, -0.2) is 0 Å². The molecule has 0 N–H and O–H groups in total. The van der Waals surface area contributed by atoms with Gasteiger partial charge in [-0.15, -0.1) is 0 Å². The maximum absolute atomic E-state index is 6.48. The lowest BCUT2D eigenvalue weighted by Crippen LogP contribution is -2.44. The summed E-state index contributed by atoms with van der Waals surface area (Å²) in [5, 5.41) is 0.428. The Morgan fingerprint density at radius 2 is 1.06 bits per heavy atom. The van der Waals surface area contributed by atoms with Gasteiger partial charge >= 0.3 is 0 Å². The molecule has 0 spiro atoms. The van der Waals surface area contributed by atoms with Crippen LogP contribution in [0.15, 0.2) is 23.3 Å². The highest BCUT2D eigenvalue weighted by molar-refractivity contribution is 6.74. The van der Waals surface area contributed by atoms with E-state index in [9.17, 15) is 0 Å². The van der Waals surface area contributed by atoms with Crippen LogP contribution in [0.2, 0.25) is 36.3 Å². The van der Waals surface area contributed by atoms with Gasteiger partial charge in [-0.2, -0.15) is 0 Å². The van der Waals surface area contributed by atoms with E-state index in [1.54, 1.807) is 0 Å². The Morgan fingerprint density at radius 3 is 1.36 bits per heavy atom. The minimum atomic E-state index is -1.78. The first-order valence-electron chi connectivity index (χ1n) is 12.8. The zero-order valence-corrected chi connectivity index (χ0v) is 25.6. The molecule has 6 heteroatoms. The first-order chi connectivity index (χ1) is 14.9. The average molecular weight is 497 g/mol. The minimum absolute atomic E-state index is 0.0703. The lowest BCUT2D eigenvalue weighted by Gasteiger charge is -2.39. The highest BCUT2D eigenvalue weighted by Gasteiger charge is 2.39. The second kappa shape index (κ2) is 10.8. The molecular formula is C27H52O4Si2. The minimum Gasteiger partial charge on any atom is -0.414 e. The van der Waals surface area contributed by atoms with Crippen molar-refractivity contribution in [2.75, 3.05) is 13.2 Å². The molecule has 2 aliphatic heterocycles. The van der Waals surface area contributed by atoms with E-state index in [2.05, 4.69) is 93.7 Å². The molecule has 0 aromatic carbocycles. The Hall–Kier alpha value is -0.246. The highest BCUT2D eigenvalue weighted by atomic mass is 28.4. The largest absolute Gasteiger partial charge is 0.414 e. The van der Waals surface area contributed by atoms with Crippen LogP contribution in [0.4, 0.5) is 0 Å². The zero-order chi connectivity index (χ0) is 25.2. The number of hydrogen-bond acceptors (Lipinski definition) is 4. The van der Waals surface area contributed by atoms with Crippen LogP contribution >= 0.6 is 0 Å². The third-order valence-corrected chi connectivity index (χ3v) is 17.1. The molecule has 0 saturated heterocycles. The second-order valence-electron chi connectivity index (χ2n) is 13.4. The quantitative estimate of drug-likeness (QED) is 0.256. The summed E-state index contributed by atoms with van der Waals surface area (Å²) in [6, 6.07) is 0. The first kappa shape index (κ1) is 29.0. The smallest absolute Gasteiger partial charge is 0.192 e. The first-order valence-corrected chi connectivity index (χ1v) is 18.6. The Bertz CT molecular complexity index is 653. The summed E-state index contributed by atoms with van der Waals surface area (Å²) >= 11 is 0. The van der Waals surface area contributed by atoms with Crippen molar-refractivity contribution in [2.24, 2.45) is 0 Å². The van der Waals surface area contributed by atoms with Crippen molar-refractivity contribution in [1.82, 2.24) is 0 Å². The second-order valence-corrected chi connectivity index (χ2v) is 23.0.